The van der Waals surface area contributed by atoms with Gasteiger partial charge >= 0.3 is 0 Å². The van der Waals surface area contributed by atoms with Crippen molar-refractivity contribution in [1.82, 2.24) is 5.43 Å². The standard InChI is InChI=1S/C14H10ClIN2O3/c15-9-5-8(13(20)11(16)6-9)7-17-18-14(21)10-3-1-2-4-12(10)19/h1-7,19-20H,(H,18,21)/b17-7+. The monoisotopic (exact) mass is 416 g/mol. The minimum Gasteiger partial charge on any atom is -0.507 e. The van der Waals surface area contributed by atoms with Crippen LogP contribution in [0.5, 0.6) is 11.5 Å². The topological polar surface area (TPSA) is 81.9 Å². The van der Waals surface area contributed by atoms with E-state index in [9.17, 15) is 15.0 Å². The Labute approximate surface area is 139 Å². The molecule has 1 amide bonds. The van der Waals surface area contributed by atoms with Crippen molar-refractivity contribution in [3.8, 4) is 11.5 Å². The summed E-state index contributed by atoms with van der Waals surface area (Å²) >= 11 is 7.82. The Bertz CT molecular complexity index is 719. The Balaban J connectivity index is 2.13. The first-order valence-electron chi connectivity index (χ1n) is 5.78. The Morgan fingerprint density at radius 2 is 2.00 bits per heavy atom. The van der Waals surface area contributed by atoms with E-state index in [1.807, 2.05) is 22.6 Å². The highest BCUT2D eigenvalue weighted by atomic mass is 127. The van der Waals surface area contributed by atoms with Crippen LogP contribution in [0.3, 0.4) is 0 Å². The molecular formula is C14H10ClIN2O3. The molecule has 108 valence electrons. The molecule has 0 aliphatic heterocycles. The summed E-state index contributed by atoms with van der Waals surface area (Å²) in [6.45, 7) is 0. The van der Waals surface area contributed by atoms with Gasteiger partial charge in [0, 0.05) is 10.6 Å². The maximum Gasteiger partial charge on any atom is 0.275 e. The highest BCUT2D eigenvalue weighted by Crippen LogP contribution is 2.27. The lowest BCUT2D eigenvalue weighted by molar-refractivity contribution is 0.0952. The van der Waals surface area contributed by atoms with Crippen molar-refractivity contribution in [3.05, 3.63) is 56.1 Å². The number of aromatic hydroxyl groups is 2. The van der Waals surface area contributed by atoms with Gasteiger partial charge in [-0.15, -0.1) is 0 Å². The summed E-state index contributed by atoms with van der Waals surface area (Å²) in [5.74, 6) is -0.661. The van der Waals surface area contributed by atoms with Gasteiger partial charge in [-0.25, -0.2) is 5.43 Å². The van der Waals surface area contributed by atoms with E-state index in [0.717, 1.165) is 0 Å². The summed E-state index contributed by atoms with van der Waals surface area (Å²) in [7, 11) is 0. The number of hydrazone groups is 1. The molecule has 7 heteroatoms. The number of nitrogens with zero attached hydrogens (tertiary/aromatic N) is 1. The minimum absolute atomic E-state index is 0.0283. The van der Waals surface area contributed by atoms with Crippen molar-refractivity contribution < 1.29 is 15.0 Å². The largest absolute Gasteiger partial charge is 0.507 e. The SMILES string of the molecule is O=C(N/N=C/c1cc(Cl)cc(I)c1O)c1ccccc1O. The summed E-state index contributed by atoms with van der Waals surface area (Å²) < 4.78 is 0.577. The Morgan fingerprint density at radius 3 is 2.71 bits per heavy atom. The van der Waals surface area contributed by atoms with Gasteiger partial charge in [-0.3, -0.25) is 4.79 Å². The third-order valence-corrected chi connectivity index (χ3v) is 3.62. The lowest BCUT2D eigenvalue weighted by atomic mass is 10.2. The average molecular weight is 417 g/mol. The molecule has 3 N–H and O–H groups in total. The van der Waals surface area contributed by atoms with Crippen LogP contribution < -0.4 is 5.43 Å². The van der Waals surface area contributed by atoms with Gasteiger partial charge in [0.1, 0.15) is 11.5 Å². The van der Waals surface area contributed by atoms with Crippen LogP contribution in [0.2, 0.25) is 5.02 Å². The number of phenols is 2. The van der Waals surface area contributed by atoms with Gasteiger partial charge in [0.25, 0.3) is 5.91 Å². The van der Waals surface area contributed by atoms with Crippen molar-refractivity contribution in [2.24, 2.45) is 5.10 Å². The number of hydrogen-bond donors (Lipinski definition) is 3. The number of amides is 1. The normalized spacial score (nSPS) is 10.8. The number of benzene rings is 2. The van der Waals surface area contributed by atoms with Gasteiger partial charge < -0.3 is 10.2 Å². The molecule has 0 heterocycles. The quantitative estimate of drug-likeness (QED) is 0.408. The Hall–Kier alpha value is -1.80. The van der Waals surface area contributed by atoms with Crippen LogP contribution in [-0.2, 0) is 0 Å². The molecule has 2 aromatic carbocycles. The molecule has 0 aromatic heterocycles. The van der Waals surface area contributed by atoms with Crippen LogP contribution in [0, 0.1) is 3.57 Å². The molecule has 0 unspecified atom stereocenters. The number of nitrogens with one attached hydrogen (secondary N) is 1. The first-order chi connectivity index (χ1) is 9.99. The minimum atomic E-state index is -0.555. The smallest absolute Gasteiger partial charge is 0.275 e. The molecule has 0 atom stereocenters. The second kappa shape index (κ2) is 6.77. The van der Waals surface area contributed by atoms with Gasteiger partial charge in [-0.05, 0) is 46.9 Å². The van der Waals surface area contributed by atoms with Gasteiger partial charge in [0.05, 0.1) is 15.3 Å². The van der Waals surface area contributed by atoms with E-state index < -0.39 is 5.91 Å². The highest BCUT2D eigenvalue weighted by molar-refractivity contribution is 14.1. The molecule has 0 aliphatic rings. The molecule has 21 heavy (non-hydrogen) atoms. The van der Waals surface area contributed by atoms with E-state index in [2.05, 4.69) is 10.5 Å². The summed E-state index contributed by atoms with van der Waals surface area (Å²) in [6, 6.07) is 9.25. The number of hydrogen-bond acceptors (Lipinski definition) is 4. The fourth-order valence-corrected chi connectivity index (χ4v) is 2.63. The molecule has 2 rings (SSSR count). The zero-order valence-corrected chi connectivity index (χ0v) is 13.5. The zero-order chi connectivity index (χ0) is 15.4. The number of carbonyl (C=O) groups is 1. The Morgan fingerprint density at radius 1 is 1.29 bits per heavy atom. The number of carbonyl (C=O) groups excluding carboxylic acids is 1. The number of halogens is 2. The summed E-state index contributed by atoms with van der Waals surface area (Å²) in [5, 5.41) is 23.6. The van der Waals surface area contributed by atoms with Crippen molar-refractivity contribution in [2.45, 2.75) is 0 Å². The van der Waals surface area contributed by atoms with Crippen molar-refractivity contribution in [1.29, 1.82) is 0 Å². The van der Waals surface area contributed by atoms with E-state index in [-0.39, 0.29) is 17.1 Å². The zero-order valence-electron chi connectivity index (χ0n) is 10.5. The number of phenolic OH excluding ortho intramolecular Hbond substituents is 2. The highest BCUT2D eigenvalue weighted by Gasteiger charge is 2.09. The van der Waals surface area contributed by atoms with E-state index in [1.54, 1.807) is 18.2 Å². The molecule has 0 bridgehead atoms. The number of para-hydroxylation sites is 1. The van der Waals surface area contributed by atoms with E-state index in [4.69, 9.17) is 11.6 Å². The molecule has 2 aromatic rings. The second-order valence-electron chi connectivity index (χ2n) is 4.04. The lowest BCUT2D eigenvalue weighted by Crippen LogP contribution is -2.17. The van der Waals surface area contributed by atoms with Crippen LogP contribution in [-0.4, -0.2) is 22.3 Å². The molecule has 0 spiro atoms. The van der Waals surface area contributed by atoms with E-state index in [1.165, 1.54) is 24.4 Å². The first kappa shape index (κ1) is 15.6. The fourth-order valence-electron chi connectivity index (χ4n) is 1.57. The predicted octanol–water partition coefficient (Wildman–Crippen LogP) is 3.12. The van der Waals surface area contributed by atoms with Gasteiger partial charge in [-0.1, -0.05) is 23.7 Å². The van der Waals surface area contributed by atoms with E-state index in [0.29, 0.717) is 14.2 Å². The molecule has 0 aliphatic carbocycles. The van der Waals surface area contributed by atoms with Crippen LogP contribution >= 0.6 is 34.2 Å². The molecule has 0 saturated heterocycles. The molecule has 0 saturated carbocycles. The van der Waals surface area contributed by atoms with Crippen LogP contribution in [0.4, 0.5) is 0 Å². The van der Waals surface area contributed by atoms with Gasteiger partial charge in [0.15, 0.2) is 0 Å². The Kier molecular flexibility index (Phi) is 5.03. The summed E-state index contributed by atoms with van der Waals surface area (Å²) in [4.78, 5) is 11.8. The van der Waals surface area contributed by atoms with Crippen molar-refractivity contribution in [2.75, 3.05) is 0 Å². The fraction of sp³-hybridized carbons (Fsp3) is 0. The third kappa shape index (κ3) is 3.85. The average Bonchev–Trinajstić information content (AvgIpc) is 2.44. The molecule has 0 radical (unpaired) electrons. The lowest BCUT2D eigenvalue weighted by Gasteiger charge is -2.04. The summed E-state index contributed by atoms with van der Waals surface area (Å²) in [6.07, 6.45) is 1.28. The molecule has 0 fully saturated rings. The van der Waals surface area contributed by atoms with Crippen molar-refractivity contribution in [3.63, 3.8) is 0 Å². The van der Waals surface area contributed by atoms with Gasteiger partial charge in [-0.2, -0.15) is 5.10 Å². The summed E-state index contributed by atoms with van der Waals surface area (Å²) in [5.41, 5.74) is 2.76. The molecule has 5 nitrogen and oxygen atoms in total. The maximum absolute atomic E-state index is 11.8. The van der Waals surface area contributed by atoms with Gasteiger partial charge in [0.2, 0.25) is 0 Å². The number of rotatable bonds is 3. The van der Waals surface area contributed by atoms with Crippen LogP contribution in [0.25, 0.3) is 0 Å². The van der Waals surface area contributed by atoms with Crippen molar-refractivity contribution >= 4 is 46.3 Å². The third-order valence-electron chi connectivity index (χ3n) is 2.58. The maximum atomic E-state index is 11.8. The predicted molar refractivity (Wildman–Crippen MR) is 89.0 cm³/mol. The first-order valence-corrected chi connectivity index (χ1v) is 7.24. The molecular weight excluding hydrogens is 407 g/mol. The second-order valence-corrected chi connectivity index (χ2v) is 5.64. The van der Waals surface area contributed by atoms with Crippen LogP contribution in [0.15, 0.2) is 41.5 Å². The van der Waals surface area contributed by atoms with Crippen LogP contribution in [0.1, 0.15) is 15.9 Å². The van der Waals surface area contributed by atoms with E-state index >= 15 is 0 Å².